The van der Waals surface area contributed by atoms with Gasteiger partial charge in [0, 0.05) is 5.02 Å². The molecule has 0 aliphatic carbocycles. The van der Waals surface area contributed by atoms with Gasteiger partial charge < -0.3 is 9.47 Å². The molecule has 6 nitrogen and oxygen atoms in total. The fraction of sp³-hybridized carbons (Fsp3) is 0.333. The van der Waals surface area contributed by atoms with Gasteiger partial charge in [0.05, 0.1) is 12.2 Å². The summed E-state index contributed by atoms with van der Waals surface area (Å²) in [4.78, 5) is 24.3. The van der Waals surface area contributed by atoms with Gasteiger partial charge in [-0.3, -0.25) is 20.4 Å². The van der Waals surface area contributed by atoms with Gasteiger partial charge in [-0.05, 0) is 55.2 Å². The molecule has 0 unspecified atom stereocenters. The van der Waals surface area contributed by atoms with Crippen LogP contribution in [0.5, 0.6) is 11.5 Å². The highest BCUT2D eigenvalue weighted by molar-refractivity contribution is 6.31. The molecule has 2 N–H and O–H groups in total. The van der Waals surface area contributed by atoms with E-state index in [-0.39, 0.29) is 6.61 Å². The fourth-order valence-electron chi connectivity index (χ4n) is 2.27. The van der Waals surface area contributed by atoms with Crippen molar-refractivity contribution >= 4 is 23.4 Å². The Morgan fingerprint density at radius 3 is 2.54 bits per heavy atom. The van der Waals surface area contributed by atoms with E-state index in [2.05, 4.69) is 24.7 Å². The molecule has 0 aliphatic rings. The van der Waals surface area contributed by atoms with Crippen molar-refractivity contribution in [2.75, 3.05) is 13.2 Å². The van der Waals surface area contributed by atoms with Crippen molar-refractivity contribution in [3.8, 4) is 11.5 Å². The largest absolute Gasteiger partial charge is 0.493 e. The molecule has 0 radical (unpaired) electrons. The number of carbonyl (C=O) groups excluding carboxylic acids is 2. The van der Waals surface area contributed by atoms with Crippen LogP contribution in [0.15, 0.2) is 42.5 Å². The summed E-state index contributed by atoms with van der Waals surface area (Å²) < 4.78 is 11.1. The van der Waals surface area contributed by atoms with Crippen molar-refractivity contribution in [2.45, 2.75) is 27.2 Å². The minimum absolute atomic E-state index is 0.242. The van der Waals surface area contributed by atoms with E-state index < -0.39 is 11.8 Å². The molecule has 0 saturated heterocycles. The Balaban J connectivity index is 1.84. The monoisotopic (exact) mass is 404 g/mol. The summed E-state index contributed by atoms with van der Waals surface area (Å²) >= 11 is 5.95. The van der Waals surface area contributed by atoms with Crippen molar-refractivity contribution in [1.29, 1.82) is 0 Å². The number of hydrogen-bond acceptors (Lipinski definition) is 4. The topological polar surface area (TPSA) is 76.7 Å². The van der Waals surface area contributed by atoms with Crippen LogP contribution < -0.4 is 20.3 Å². The van der Waals surface area contributed by atoms with Gasteiger partial charge in [-0.2, -0.15) is 0 Å². The predicted octanol–water partition coefficient (Wildman–Crippen LogP) is 3.91. The maximum Gasteiger partial charge on any atom is 0.276 e. The molecule has 0 aromatic heterocycles. The van der Waals surface area contributed by atoms with E-state index in [1.807, 2.05) is 6.92 Å². The summed E-state index contributed by atoms with van der Waals surface area (Å²) in [7, 11) is 0. The smallest absolute Gasteiger partial charge is 0.276 e. The number of nitrogens with one attached hydrogen (secondary N) is 2. The first kappa shape index (κ1) is 21.6. The number of halogens is 1. The van der Waals surface area contributed by atoms with Crippen molar-refractivity contribution in [1.82, 2.24) is 10.9 Å². The molecule has 0 heterocycles. The highest BCUT2D eigenvalue weighted by Gasteiger charge is 2.13. The van der Waals surface area contributed by atoms with Crippen LogP contribution in [-0.4, -0.2) is 25.0 Å². The number of aryl methyl sites for hydroxylation is 1. The average molecular weight is 405 g/mol. The molecule has 2 amide bonds. The minimum atomic E-state index is -0.487. The standard InChI is InChI=1S/C21H25ClN2O4/c1-14(2)10-11-27-19-7-5-4-6-17(19)21(26)24-23-20(25)13-28-16-8-9-18(22)15(3)12-16/h4-9,12,14H,10-11,13H2,1-3H3,(H,23,25)(H,24,26). The lowest BCUT2D eigenvalue weighted by Gasteiger charge is -2.13. The lowest BCUT2D eigenvalue weighted by Crippen LogP contribution is -2.43. The van der Waals surface area contributed by atoms with Crippen LogP contribution >= 0.6 is 11.6 Å². The van der Waals surface area contributed by atoms with Crippen LogP contribution in [0.1, 0.15) is 36.2 Å². The van der Waals surface area contributed by atoms with Crippen LogP contribution in [0.25, 0.3) is 0 Å². The van der Waals surface area contributed by atoms with Gasteiger partial charge in [0.25, 0.3) is 11.8 Å². The second-order valence-corrected chi connectivity index (χ2v) is 7.14. The van der Waals surface area contributed by atoms with Gasteiger partial charge in [0.1, 0.15) is 11.5 Å². The lowest BCUT2D eigenvalue weighted by atomic mass is 10.1. The quantitative estimate of drug-likeness (QED) is 0.654. The lowest BCUT2D eigenvalue weighted by molar-refractivity contribution is -0.123. The zero-order valence-corrected chi connectivity index (χ0v) is 17.0. The zero-order chi connectivity index (χ0) is 20.5. The molecule has 150 valence electrons. The van der Waals surface area contributed by atoms with E-state index in [0.29, 0.717) is 34.6 Å². The van der Waals surface area contributed by atoms with Gasteiger partial charge in [0.2, 0.25) is 0 Å². The fourth-order valence-corrected chi connectivity index (χ4v) is 2.39. The Kier molecular flexibility index (Phi) is 8.14. The van der Waals surface area contributed by atoms with Crippen LogP contribution in [0.3, 0.4) is 0 Å². The first-order valence-corrected chi connectivity index (χ1v) is 9.44. The van der Waals surface area contributed by atoms with Gasteiger partial charge in [-0.15, -0.1) is 0 Å². The summed E-state index contributed by atoms with van der Waals surface area (Å²) in [5.41, 5.74) is 5.91. The Morgan fingerprint density at radius 2 is 1.82 bits per heavy atom. The first-order chi connectivity index (χ1) is 13.4. The van der Waals surface area contributed by atoms with Gasteiger partial charge >= 0.3 is 0 Å². The Labute approximate surface area is 170 Å². The molecule has 2 aromatic rings. The first-order valence-electron chi connectivity index (χ1n) is 9.06. The maximum atomic E-state index is 12.4. The van der Waals surface area contributed by atoms with Crippen molar-refractivity contribution in [3.63, 3.8) is 0 Å². The summed E-state index contributed by atoms with van der Waals surface area (Å²) in [5, 5.41) is 0.623. The number of carbonyl (C=O) groups is 2. The molecule has 2 rings (SSSR count). The van der Waals surface area contributed by atoms with Crippen LogP contribution in [-0.2, 0) is 4.79 Å². The summed E-state index contributed by atoms with van der Waals surface area (Å²) in [5.74, 6) is 0.551. The second kappa shape index (κ2) is 10.6. The molecule has 0 bridgehead atoms. The molecule has 2 aromatic carbocycles. The van der Waals surface area contributed by atoms with Crippen LogP contribution in [0.4, 0.5) is 0 Å². The SMILES string of the molecule is Cc1cc(OCC(=O)NNC(=O)c2ccccc2OCCC(C)C)ccc1Cl. The molecule has 28 heavy (non-hydrogen) atoms. The van der Waals surface area contributed by atoms with Crippen molar-refractivity contribution < 1.29 is 19.1 Å². The third kappa shape index (κ3) is 6.78. The van der Waals surface area contributed by atoms with E-state index >= 15 is 0 Å². The second-order valence-electron chi connectivity index (χ2n) is 6.73. The van der Waals surface area contributed by atoms with E-state index in [0.717, 1.165) is 12.0 Å². The Hall–Kier alpha value is -2.73. The van der Waals surface area contributed by atoms with Crippen LogP contribution in [0, 0.1) is 12.8 Å². The summed E-state index contributed by atoms with van der Waals surface area (Å²) in [6, 6.07) is 12.0. The van der Waals surface area contributed by atoms with Gasteiger partial charge in [-0.25, -0.2) is 0 Å². The van der Waals surface area contributed by atoms with Crippen LogP contribution in [0.2, 0.25) is 5.02 Å². The molecule has 7 heteroatoms. The number of hydrogen-bond donors (Lipinski definition) is 2. The molecular formula is C21H25ClN2O4. The van der Waals surface area contributed by atoms with Crippen molar-refractivity contribution in [3.05, 3.63) is 58.6 Å². The molecule has 0 spiro atoms. The number of amides is 2. The highest BCUT2D eigenvalue weighted by atomic mass is 35.5. The average Bonchev–Trinajstić information content (AvgIpc) is 2.67. The third-order valence-corrected chi connectivity index (χ3v) is 4.32. The van der Waals surface area contributed by atoms with E-state index in [1.165, 1.54) is 0 Å². The molecule has 0 aliphatic heterocycles. The third-order valence-electron chi connectivity index (χ3n) is 3.90. The summed E-state index contributed by atoms with van der Waals surface area (Å²) in [6.07, 6.45) is 0.883. The maximum absolute atomic E-state index is 12.4. The molecule has 0 saturated carbocycles. The minimum Gasteiger partial charge on any atom is -0.493 e. The molecule has 0 fully saturated rings. The Bertz CT molecular complexity index is 824. The number of para-hydroxylation sites is 1. The van der Waals surface area contributed by atoms with Gasteiger partial charge in [-0.1, -0.05) is 37.6 Å². The zero-order valence-electron chi connectivity index (χ0n) is 16.3. The molecule has 0 atom stereocenters. The van der Waals surface area contributed by atoms with E-state index in [9.17, 15) is 9.59 Å². The van der Waals surface area contributed by atoms with Gasteiger partial charge in [0.15, 0.2) is 6.61 Å². The predicted molar refractivity (Wildman–Crippen MR) is 109 cm³/mol. The highest BCUT2D eigenvalue weighted by Crippen LogP contribution is 2.21. The molecular weight excluding hydrogens is 380 g/mol. The van der Waals surface area contributed by atoms with E-state index in [1.54, 1.807) is 42.5 Å². The van der Waals surface area contributed by atoms with E-state index in [4.69, 9.17) is 21.1 Å². The number of benzene rings is 2. The number of ether oxygens (including phenoxy) is 2. The number of hydrazine groups is 1. The normalized spacial score (nSPS) is 10.5. The summed E-state index contributed by atoms with van der Waals surface area (Å²) in [6.45, 7) is 6.32. The van der Waals surface area contributed by atoms with Crippen molar-refractivity contribution in [2.24, 2.45) is 5.92 Å². The number of rotatable bonds is 8. The Morgan fingerprint density at radius 1 is 1.07 bits per heavy atom.